The Labute approximate surface area is 159 Å². The van der Waals surface area contributed by atoms with E-state index in [-0.39, 0.29) is 29.8 Å². The third-order valence-corrected chi connectivity index (χ3v) is 5.17. The predicted octanol–water partition coefficient (Wildman–Crippen LogP) is 3.19. The largest absolute Gasteiger partial charge is 0.484 e. The van der Waals surface area contributed by atoms with Gasteiger partial charge in [0.25, 0.3) is 5.91 Å². The minimum Gasteiger partial charge on any atom is -0.484 e. The highest BCUT2D eigenvalue weighted by Crippen LogP contribution is 2.31. The molecule has 2 aromatic rings. The van der Waals surface area contributed by atoms with Crippen LogP contribution in [0.25, 0.3) is 0 Å². The van der Waals surface area contributed by atoms with Crippen LogP contribution in [0.2, 0.25) is 0 Å². The number of oxazole rings is 1. The molecular formula is C19H20F3N3O3. The van der Waals surface area contributed by atoms with Crippen LogP contribution in [-0.2, 0) is 12.8 Å². The molecule has 2 aliphatic heterocycles. The molecule has 0 saturated carbocycles. The predicted molar refractivity (Wildman–Crippen MR) is 92.8 cm³/mol. The Bertz CT molecular complexity index is 852. The monoisotopic (exact) mass is 395 g/mol. The molecule has 1 unspecified atom stereocenters. The number of rotatable bonds is 4. The fourth-order valence-corrected chi connectivity index (χ4v) is 3.72. The van der Waals surface area contributed by atoms with Crippen molar-refractivity contribution >= 4 is 5.91 Å². The van der Waals surface area contributed by atoms with E-state index in [4.69, 9.17) is 9.15 Å². The highest BCUT2D eigenvalue weighted by Gasteiger charge is 2.33. The van der Waals surface area contributed by atoms with Crippen molar-refractivity contribution in [1.29, 1.82) is 0 Å². The van der Waals surface area contributed by atoms with Gasteiger partial charge in [-0.3, -0.25) is 9.69 Å². The van der Waals surface area contributed by atoms with Gasteiger partial charge in [-0.1, -0.05) is 6.07 Å². The maximum Gasteiger partial charge on any atom is 0.416 e. The van der Waals surface area contributed by atoms with Crippen molar-refractivity contribution < 1.29 is 27.1 Å². The van der Waals surface area contributed by atoms with Gasteiger partial charge >= 0.3 is 6.18 Å². The highest BCUT2D eigenvalue weighted by atomic mass is 19.4. The number of amides is 1. The molecule has 150 valence electrons. The summed E-state index contributed by atoms with van der Waals surface area (Å²) >= 11 is 0. The van der Waals surface area contributed by atoms with Crippen molar-refractivity contribution in [2.45, 2.75) is 31.7 Å². The van der Waals surface area contributed by atoms with Crippen LogP contribution in [0.15, 0.2) is 34.9 Å². The lowest BCUT2D eigenvalue weighted by atomic mass is 10.1. The van der Waals surface area contributed by atoms with Crippen LogP contribution < -0.4 is 4.74 Å². The van der Waals surface area contributed by atoms with Gasteiger partial charge in [0.15, 0.2) is 12.3 Å². The number of benzene rings is 1. The molecule has 1 atom stereocenters. The van der Waals surface area contributed by atoms with Crippen molar-refractivity contribution in [3.63, 3.8) is 0 Å². The lowest BCUT2D eigenvalue weighted by Gasteiger charge is -2.37. The van der Waals surface area contributed by atoms with Crippen LogP contribution in [0.5, 0.6) is 5.75 Å². The van der Waals surface area contributed by atoms with Crippen molar-refractivity contribution in [3.05, 3.63) is 47.7 Å². The van der Waals surface area contributed by atoms with E-state index < -0.39 is 11.7 Å². The summed E-state index contributed by atoms with van der Waals surface area (Å²) in [4.78, 5) is 21.0. The van der Waals surface area contributed by atoms with Gasteiger partial charge in [-0.15, -0.1) is 0 Å². The molecule has 0 aliphatic carbocycles. The van der Waals surface area contributed by atoms with Gasteiger partial charge in [-0.2, -0.15) is 13.2 Å². The van der Waals surface area contributed by atoms with Gasteiger partial charge in [0.1, 0.15) is 12.0 Å². The fraction of sp³-hybridized carbons (Fsp3) is 0.474. The van der Waals surface area contributed by atoms with E-state index in [0.29, 0.717) is 19.1 Å². The third-order valence-electron chi connectivity index (χ3n) is 5.17. The molecule has 0 spiro atoms. The smallest absolute Gasteiger partial charge is 0.416 e. The number of hydrogen-bond acceptors (Lipinski definition) is 5. The molecular weight excluding hydrogens is 375 g/mol. The number of carbonyl (C=O) groups is 1. The zero-order valence-electron chi connectivity index (χ0n) is 15.1. The number of nitrogens with zero attached hydrogens (tertiary/aromatic N) is 3. The van der Waals surface area contributed by atoms with Crippen LogP contribution in [0, 0.1) is 0 Å². The Balaban J connectivity index is 1.36. The van der Waals surface area contributed by atoms with E-state index in [1.165, 1.54) is 18.4 Å². The number of halogens is 3. The molecule has 0 N–H and O–H groups in total. The van der Waals surface area contributed by atoms with E-state index in [0.717, 1.165) is 38.1 Å². The van der Waals surface area contributed by atoms with Gasteiger partial charge in [0.05, 0.1) is 5.56 Å². The first-order chi connectivity index (χ1) is 13.4. The van der Waals surface area contributed by atoms with E-state index in [1.807, 2.05) is 0 Å². The molecule has 3 heterocycles. The van der Waals surface area contributed by atoms with Gasteiger partial charge < -0.3 is 14.1 Å². The molecule has 6 nitrogen and oxygen atoms in total. The van der Waals surface area contributed by atoms with Crippen LogP contribution in [-0.4, -0.2) is 52.9 Å². The van der Waals surface area contributed by atoms with Crippen molar-refractivity contribution in [2.24, 2.45) is 0 Å². The first-order valence-corrected chi connectivity index (χ1v) is 9.18. The Morgan fingerprint density at radius 1 is 1.29 bits per heavy atom. The van der Waals surface area contributed by atoms with Gasteiger partial charge in [-0.25, -0.2) is 4.98 Å². The van der Waals surface area contributed by atoms with Crippen molar-refractivity contribution in [3.8, 4) is 5.75 Å². The minimum atomic E-state index is -4.44. The number of carbonyl (C=O) groups excluding carboxylic acids is 1. The molecule has 1 amide bonds. The highest BCUT2D eigenvalue weighted by molar-refractivity contribution is 5.92. The Hall–Kier alpha value is -2.55. The standard InChI is InChI=1S/C19H20F3N3O3/c20-19(21,22)13-3-1-5-15(9-13)27-12-17-23-16(11-28-17)18(26)25-8-7-24-6-2-4-14(24)10-25/h1,3,5,9,11,14H,2,4,6-8,10,12H2. The molecule has 1 aromatic carbocycles. The molecule has 9 heteroatoms. The summed E-state index contributed by atoms with van der Waals surface area (Å²) in [6, 6.07) is 4.99. The van der Waals surface area contributed by atoms with Crippen LogP contribution in [0.1, 0.15) is 34.8 Å². The summed E-state index contributed by atoms with van der Waals surface area (Å²) in [5.41, 5.74) is -0.603. The normalized spacial score (nSPS) is 20.2. The summed E-state index contributed by atoms with van der Waals surface area (Å²) in [6.07, 6.45) is -0.911. The molecule has 0 bridgehead atoms. The lowest BCUT2D eigenvalue weighted by molar-refractivity contribution is -0.137. The topological polar surface area (TPSA) is 58.8 Å². The first-order valence-electron chi connectivity index (χ1n) is 9.18. The molecule has 28 heavy (non-hydrogen) atoms. The summed E-state index contributed by atoms with van der Waals surface area (Å²) < 4.78 is 48.9. The maximum absolute atomic E-state index is 12.7. The Kier molecular flexibility index (Phi) is 5.01. The Morgan fingerprint density at radius 3 is 2.96 bits per heavy atom. The lowest BCUT2D eigenvalue weighted by Crippen LogP contribution is -2.52. The molecule has 2 aliphatic rings. The van der Waals surface area contributed by atoms with E-state index in [9.17, 15) is 18.0 Å². The summed E-state index contributed by atoms with van der Waals surface area (Å²) in [6.45, 7) is 3.12. The number of hydrogen-bond donors (Lipinski definition) is 0. The van der Waals surface area contributed by atoms with Crippen LogP contribution in [0.4, 0.5) is 13.2 Å². The second-order valence-electron chi connectivity index (χ2n) is 7.02. The van der Waals surface area contributed by atoms with Crippen LogP contribution >= 0.6 is 0 Å². The second kappa shape index (κ2) is 7.46. The number of aromatic nitrogens is 1. The van der Waals surface area contributed by atoms with E-state index in [1.54, 1.807) is 4.90 Å². The number of piperazine rings is 1. The SMILES string of the molecule is O=C(c1coc(COc2cccc(C(F)(F)F)c2)n1)N1CCN2CCCC2C1. The minimum absolute atomic E-state index is 0.0539. The first kappa shape index (κ1) is 18.8. The average molecular weight is 395 g/mol. The van der Waals surface area contributed by atoms with E-state index in [2.05, 4.69) is 9.88 Å². The zero-order chi connectivity index (χ0) is 19.7. The fourth-order valence-electron chi connectivity index (χ4n) is 3.72. The zero-order valence-corrected chi connectivity index (χ0v) is 15.1. The number of ether oxygens (including phenoxy) is 1. The van der Waals surface area contributed by atoms with Gasteiger partial charge in [0, 0.05) is 25.7 Å². The summed E-state index contributed by atoms with van der Waals surface area (Å²) in [7, 11) is 0. The third kappa shape index (κ3) is 3.99. The quantitative estimate of drug-likeness (QED) is 0.796. The van der Waals surface area contributed by atoms with E-state index >= 15 is 0 Å². The molecule has 4 rings (SSSR count). The number of alkyl halides is 3. The number of fused-ring (bicyclic) bond motifs is 1. The van der Waals surface area contributed by atoms with Crippen molar-refractivity contribution in [1.82, 2.24) is 14.8 Å². The average Bonchev–Trinajstić information content (AvgIpc) is 3.34. The Morgan fingerprint density at radius 2 is 2.14 bits per heavy atom. The maximum atomic E-state index is 12.7. The second-order valence-corrected chi connectivity index (χ2v) is 7.02. The molecule has 2 fully saturated rings. The summed E-state index contributed by atoms with van der Waals surface area (Å²) in [5, 5.41) is 0. The van der Waals surface area contributed by atoms with Crippen LogP contribution in [0.3, 0.4) is 0 Å². The van der Waals surface area contributed by atoms with Gasteiger partial charge in [0.2, 0.25) is 5.89 Å². The summed E-state index contributed by atoms with van der Waals surface area (Å²) in [5.74, 6) is -0.000797. The molecule has 2 saturated heterocycles. The van der Waals surface area contributed by atoms with Crippen molar-refractivity contribution in [2.75, 3.05) is 26.2 Å². The molecule has 1 aromatic heterocycles. The van der Waals surface area contributed by atoms with Gasteiger partial charge in [-0.05, 0) is 37.6 Å². The molecule has 0 radical (unpaired) electrons.